The van der Waals surface area contributed by atoms with Crippen molar-refractivity contribution in [3.05, 3.63) is 11.9 Å². The van der Waals surface area contributed by atoms with Gasteiger partial charge in [-0.05, 0) is 0 Å². The molecule has 0 unspecified atom stereocenters. The van der Waals surface area contributed by atoms with Gasteiger partial charge in [-0.2, -0.15) is 0 Å². The average Bonchev–Trinajstić information content (AvgIpc) is 2.48. The van der Waals surface area contributed by atoms with Crippen LogP contribution in [0.1, 0.15) is 16.5 Å². The third-order valence-electron chi connectivity index (χ3n) is 2.27. The highest BCUT2D eigenvalue weighted by Gasteiger charge is 2.21. The number of hydrogen-bond acceptors (Lipinski definition) is 4. The van der Waals surface area contributed by atoms with Crippen molar-refractivity contribution in [2.24, 2.45) is 0 Å². The number of carbonyl (C=O) groups excluding carboxylic acids is 1. The lowest BCUT2D eigenvalue weighted by Gasteiger charge is -2.26. The van der Waals surface area contributed by atoms with Crippen molar-refractivity contribution in [2.75, 3.05) is 27.2 Å². The molecule has 1 amide bonds. The molecular formula is C8H14ClN5O. The zero-order valence-corrected chi connectivity index (χ0v) is 9.49. The molecule has 2 heterocycles. The highest BCUT2D eigenvalue weighted by atomic mass is 35.5. The summed E-state index contributed by atoms with van der Waals surface area (Å²) < 4.78 is 1.74. The van der Waals surface area contributed by atoms with Gasteiger partial charge in [-0.1, -0.05) is 5.21 Å². The van der Waals surface area contributed by atoms with Crippen LogP contribution in [0.5, 0.6) is 0 Å². The largest absolute Gasteiger partial charge is 0.343 e. The Bertz CT molecular complexity index is 347. The van der Waals surface area contributed by atoms with Crippen molar-refractivity contribution < 1.29 is 4.79 Å². The zero-order valence-electron chi connectivity index (χ0n) is 8.67. The third kappa shape index (κ3) is 2.27. The molecule has 0 saturated carbocycles. The summed E-state index contributed by atoms with van der Waals surface area (Å²) in [6.45, 7) is 1.80. The van der Waals surface area contributed by atoms with Crippen LogP contribution in [-0.2, 0) is 0 Å². The standard InChI is InChI=1S/C8H13N5O.ClH/c1-12(2)8(14)7-5-13(11-10-7)6-3-9-4-6;/h5-6,9H,3-4H2,1-2H3;1H. The van der Waals surface area contributed by atoms with Gasteiger partial charge in [0.15, 0.2) is 5.69 Å². The van der Waals surface area contributed by atoms with E-state index in [-0.39, 0.29) is 18.3 Å². The van der Waals surface area contributed by atoms with Crippen LogP contribution in [0.4, 0.5) is 0 Å². The molecular weight excluding hydrogens is 218 g/mol. The lowest BCUT2D eigenvalue weighted by Crippen LogP contribution is -2.43. The summed E-state index contributed by atoms with van der Waals surface area (Å²) in [5, 5.41) is 10.9. The Labute approximate surface area is 94.0 Å². The van der Waals surface area contributed by atoms with Gasteiger partial charge in [-0.25, -0.2) is 4.68 Å². The number of halogens is 1. The van der Waals surface area contributed by atoms with Crippen LogP contribution in [0.3, 0.4) is 0 Å². The predicted molar refractivity (Wildman–Crippen MR) is 57.2 cm³/mol. The molecule has 0 aromatic carbocycles. The third-order valence-corrected chi connectivity index (χ3v) is 2.27. The number of amides is 1. The molecule has 0 radical (unpaired) electrons. The normalized spacial score (nSPS) is 15.3. The molecule has 1 fully saturated rings. The second kappa shape index (κ2) is 4.59. The SMILES string of the molecule is CN(C)C(=O)c1cn(C2CNC2)nn1.Cl. The molecule has 1 N–H and O–H groups in total. The summed E-state index contributed by atoms with van der Waals surface area (Å²) in [6.07, 6.45) is 1.70. The van der Waals surface area contributed by atoms with Gasteiger partial charge in [-0.3, -0.25) is 4.79 Å². The van der Waals surface area contributed by atoms with Gasteiger partial charge in [0.05, 0.1) is 12.2 Å². The number of aromatic nitrogens is 3. The summed E-state index contributed by atoms with van der Waals surface area (Å²) in [7, 11) is 3.40. The van der Waals surface area contributed by atoms with E-state index < -0.39 is 0 Å². The monoisotopic (exact) mass is 231 g/mol. The number of hydrogen-bond donors (Lipinski definition) is 1. The molecule has 0 aliphatic carbocycles. The maximum atomic E-state index is 11.5. The van der Waals surface area contributed by atoms with Crippen molar-refractivity contribution in [2.45, 2.75) is 6.04 Å². The first-order chi connectivity index (χ1) is 6.68. The second-order valence-electron chi connectivity index (χ2n) is 3.60. The van der Waals surface area contributed by atoms with E-state index in [0.29, 0.717) is 11.7 Å². The van der Waals surface area contributed by atoms with E-state index in [0.717, 1.165) is 13.1 Å². The molecule has 0 spiro atoms. The topological polar surface area (TPSA) is 63.1 Å². The van der Waals surface area contributed by atoms with Crippen LogP contribution >= 0.6 is 12.4 Å². The van der Waals surface area contributed by atoms with Crippen molar-refractivity contribution in [1.82, 2.24) is 25.2 Å². The zero-order chi connectivity index (χ0) is 10.1. The first kappa shape index (κ1) is 11.9. The molecule has 6 nitrogen and oxygen atoms in total. The first-order valence-electron chi connectivity index (χ1n) is 4.52. The summed E-state index contributed by atoms with van der Waals surface area (Å²) >= 11 is 0. The molecule has 1 aromatic rings. The fraction of sp³-hybridized carbons (Fsp3) is 0.625. The highest BCUT2D eigenvalue weighted by molar-refractivity contribution is 5.91. The Morgan fingerprint density at radius 3 is 2.73 bits per heavy atom. The van der Waals surface area contributed by atoms with E-state index in [4.69, 9.17) is 0 Å². The molecule has 15 heavy (non-hydrogen) atoms. The van der Waals surface area contributed by atoms with Crippen LogP contribution in [0.25, 0.3) is 0 Å². The van der Waals surface area contributed by atoms with Crippen molar-refractivity contribution in [3.8, 4) is 0 Å². The van der Waals surface area contributed by atoms with Gasteiger partial charge in [0, 0.05) is 27.2 Å². The molecule has 84 valence electrons. The summed E-state index contributed by atoms with van der Waals surface area (Å²) in [6, 6.07) is 0.353. The molecule has 1 aromatic heterocycles. The Morgan fingerprint density at radius 2 is 2.27 bits per heavy atom. The van der Waals surface area contributed by atoms with E-state index in [2.05, 4.69) is 15.6 Å². The van der Waals surface area contributed by atoms with E-state index in [1.165, 1.54) is 4.90 Å². The van der Waals surface area contributed by atoms with Gasteiger partial charge in [0.2, 0.25) is 0 Å². The quantitative estimate of drug-likeness (QED) is 0.749. The number of nitrogens with one attached hydrogen (secondary N) is 1. The molecule has 1 aliphatic rings. The van der Waals surface area contributed by atoms with Crippen LogP contribution in [0.15, 0.2) is 6.20 Å². The summed E-state index contributed by atoms with van der Waals surface area (Å²) in [4.78, 5) is 13.0. The first-order valence-corrected chi connectivity index (χ1v) is 4.52. The van der Waals surface area contributed by atoms with Gasteiger partial charge in [-0.15, -0.1) is 17.5 Å². The Balaban J connectivity index is 0.00000112. The number of carbonyl (C=O) groups is 1. The minimum atomic E-state index is -0.108. The van der Waals surface area contributed by atoms with Crippen LogP contribution in [0.2, 0.25) is 0 Å². The van der Waals surface area contributed by atoms with E-state index in [9.17, 15) is 4.79 Å². The van der Waals surface area contributed by atoms with Gasteiger partial charge < -0.3 is 10.2 Å². The van der Waals surface area contributed by atoms with Crippen LogP contribution in [0, 0.1) is 0 Å². The van der Waals surface area contributed by atoms with E-state index in [1.807, 2.05) is 0 Å². The van der Waals surface area contributed by atoms with Gasteiger partial charge in [0.1, 0.15) is 0 Å². The fourth-order valence-electron chi connectivity index (χ4n) is 1.24. The van der Waals surface area contributed by atoms with Crippen molar-refractivity contribution >= 4 is 18.3 Å². The maximum Gasteiger partial charge on any atom is 0.275 e. The summed E-state index contributed by atoms with van der Waals surface area (Å²) in [5.74, 6) is -0.108. The van der Waals surface area contributed by atoms with E-state index >= 15 is 0 Å². The maximum absolute atomic E-state index is 11.5. The molecule has 1 saturated heterocycles. The van der Waals surface area contributed by atoms with Crippen molar-refractivity contribution in [1.29, 1.82) is 0 Å². The van der Waals surface area contributed by atoms with Crippen LogP contribution < -0.4 is 5.32 Å². The van der Waals surface area contributed by atoms with Crippen LogP contribution in [-0.4, -0.2) is 53.0 Å². The molecule has 1 aliphatic heterocycles. The Morgan fingerprint density at radius 1 is 1.60 bits per heavy atom. The molecule has 2 rings (SSSR count). The van der Waals surface area contributed by atoms with E-state index in [1.54, 1.807) is 25.0 Å². The molecule has 7 heteroatoms. The predicted octanol–water partition coefficient (Wildman–Crippen LogP) is -0.454. The smallest absolute Gasteiger partial charge is 0.275 e. The highest BCUT2D eigenvalue weighted by Crippen LogP contribution is 2.10. The lowest BCUT2D eigenvalue weighted by atomic mass is 10.2. The fourth-order valence-corrected chi connectivity index (χ4v) is 1.24. The van der Waals surface area contributed by atoms with Gasteiger partial charge in [0.25, 0.3) is 5.91 Å². The minimum absolute atomic E-state index is 0. The number of rotatable bonds is 2. The molecule has 0 bridgehead atoms. The molecule has 0 atom stereocenters. The minimum Gasteiger partial charge on any atom is -0.343 e. The Hall–Kier alpha value is -1.14. The van der Waals surface area contributed by atoms with Crippen molar-refractivity contribution in [3.63, 3.8) is 0 Å². The van der Waals surface area contributed by atoms with Gasteiger partial charge >= 0.3 is 0 Å². The lowest BCUT2D eigenvalue weighted by molar-refractivity contribution is 0.0822. The average molecular weight is 232 g/mol. The second-order valence-corrected chi connectivity index (χ2v) is 3.60. The summed E-state index contributed by atoms with van der Waals surface area (Å²) in [5.41, 5.74) is 0.405. The Kier molecular flexibility index (Phi) is 3.65. The number of nitrogens with zero attached hydrogens (tertiary/aromatic N) is 4.